The zero-order chi connectivity index (χ0) is 12.6. The first kappa shape index (κ1) is 12.3. The van der Waals surface area contributed by atoms with Gasteiger partial charge in [0.1, 0.15) is 12.0 Å². The molecule has 0 aliphatic carbocycles. The minimum Gasteiger partial charge on any atom is -0.466 e. The molecule has 92 valence electrons. The average Bonchev–Trinajstić information content (AvgIpc) is 2.49. The van der Waals surface area contributed by atoms with E-state index in [0.717, 1.165) is 23.2 Å². The number of ether oxygens (including phenoxy) is 2. The maximum absolute atomic E-state index is 10.0. The van der Waals surface area contributed by atoms with Crippen molar-refractivity contribution in [2.24, 2.45) is 0 Å². The molecule has 0 saturated heterocycles. The Morgan fingerprint density at radius 2 is 2.00 bits per heavy atom. The zero-order valence-corrected chi connectivity index (χ0v) is 9.78. The number of nitrogens with zero attached hydrogens (tertiary/aromatic N) is 1. The molecule has 0 radical (unpaired) electrons. The van der Waals surface area contributed by atoms with Crippen molar-refractivity contribution in [3.63, 3.8) is 0 Å². The molecule has 0 spiro atoms. The van der Waals surface area contributed by atoms with Crippen molar-refractivity contribution in [1.82, 2.24) is 4.98 Å². The molecule has 0 amide bonds. The van der Waals surface area contributed by atoms with Crippen molar-refractivity contribution in [1.29, 1.82) is 0 Å². The fourth-order valence-corrected chi connectivity index (χ4v) is 1.45. The summed E-state index contributed by atoms with van der Waals surface area (Å²) < 4.78 is 10.2. The van der Waals surface area contributed by atoms with Gasteiger partial charge in [0, 0.05) is 17.3 Å². The Labute approximate surface area is 105 Å². The number of hydrogen-bond acceptors (Lipinski definition) is 4. The lowest BCUT2D eigenvalue weighted by Gasteiger charge is -2.15. The third-order valence-electron chi connectivity index (χ3n) is 2.36. The number of hydrogen-bond donors (Lipinski definition) is 0. The Morgan fingerprint density at radius 3 is 2.67 bits per heavy atom. The Morgan fingerprint density at radius 1 is 1.17 bits per heavy atom. The summed E-state index contributed by atoms with van der Waals surface area (Å²) in [6.45, 7) is 0.983. The van der Waals surface area contributed by atoms with Gasteiger partial charge in [-0.15, -0.1) is 0 Å². The number of aldehydes is 1. The predicted octanol–water partition coefficient (Wildman–Crippen LogP) is 2.45. The first-order chi connectivity index (χ1) is 8.90. The minimum atomic E-state index is 0.346. The maximum atomic E-state index is 10.0. The molecule has 0 fully saturated rings. The van der Waals surface area contributed by atoms with Gasteiger partial charge in [-0.25, -0.2) is 0 Å². The molecule has 0 bridgehead atoms. The number of aromatic nitrogens is 1. The van der Waals surface area contributed by atoms with Crippen LogP contribution in [0, 0.1) is 0 Å². The molecule has 2 heterocycles. The van der Waals surface area contributed by atoms with Crippen LogP contribution in [-0.2, 0) is 11.3 Å². The minimum absolute atomic E-state index is 0.346. The number of rotatable bonds is 1. The summed E-state index contributed by atoms with van der Waals surface area (Å²) in [6.07, 6.45) is 4.27. The van der Waals surface area contributed by atoms with E-state index >= 15 is 0 Å². The Bertz CT molecular complexity index is 474. The molecule has 4 nitrogen and oxygen atoms in total. The lowest BCUT2D eigenvalue weighted by Crippen LogP contribution is -2.10. The molecule has 0 saturated carbocycles. The molecule has 1 aliphatic rings. The lowest BCUT2D eigenvalue weighted by atomic mass is 10.2. The third-order valence-corrected chi connectivity index (χ3v) is 2.36. The van der Waals surface area contributed by atoms with Gasteiger partial charge in [0.05, 0.1) is 12.8 Å². The number of pyridine rings is 1. The number of carbonyl (C=O) groups excluding carboxylic acids is 1. The van der Waals surface area contributed by atoms with Crippen LogP contribution in [0.3, 0.4) is 0 Å². The first-order valence-electron chi connectivity index (χ1n) is 5.54. The van der Waals surface area contributed by atoms with E-state index in [-0.39, 0.29) is 0 Å². The normalized spacial score (nSPS) is 12.4. The summed E-state index contributed by atoms with van der Waals surface area (Å²) in [4.78, 5) is 13.9. The van der Waals surface area contributed by atoms with E-state index in [0.29, 0.717) is 13.4 Å². The van der Waals surface area contributed by atoms with Crippen LogP contribution in [0.25, 0.3) is 0 Å². The fourth-order valence-electron chi connectivity index (χ4n) is 1.45. The molecule has 1 aliphatic heterocycles. The molecular formula is C14H13NO3. The van der Waals surface area contributed by atoms with Crippen molar-refractivity contribution >= 4 is 6.29 Å². The quantitative estimate of drug-likeness (QED) is 0.722. The second-order valence-corrected chi connectivity index (χ2v) is 3.62. The third kappa shape index (κ3) is 3.40. The van der Waals surface area contributed by atoms with Crippen molar-refractivity contribution in [2.75, 3.05) is 6.79 Å². The topological polar surface area (TPSA) is 48.4 Å². The van der Waals surface area contributed by atoms with Gasteiger partial charge in [0.25, 0.3) is 0 Å². The lowest BCUT2D eigenvalue weighted by molar-refractivity contribution is -0.0166. The molecular weight excluding hydrogens is 230 g/mol. The van der Waals surface area contributed by atoms with E-state index in [1.54, 1.807) is 24.5 Å². The Hall–Kier alpha value is -2.20. The summed E-state index contributed by atoms with van der Waals surface area (Å²) in [7, 11) is 0. The summed E-state index contributed by atoms with van der Waals surface area (Å²) in [5.74, 6) is 0.841. The fraction of sp³-hybridized carbons (Fsp3) is 0.143. The standard InChI is InChI=1S/C7H7NO2.C7H6O/c1-2-8-3-7-6(1)4-9-5-10-7;8-6-7-4-2-1-3-5-7/h1-3H,4-5H2;1-6H. The molecule has 3 rings (SSSR count). The van der Waals surface area contributed by atoms with Crippen molar-refractivity contribution in [2.45, 2.75) is 6.61 Å². The van der Waals surface area contributed by atoms with E-state index in [9.17, 15) is 4.79 Å². The van der Waals surface area contributed by atoms with Gasteiger partial charge in [0.2, 0.25) is 0 Å². The summed E-state index contributed by atoms with van der Waals surface area (Å²) in [5.41, 5.74) is 1.80. The van der Waals surface area contributed by atoms with Gasteiger partial charge in [-0.2, -0.15) is 0 Å². The van der Waals surface area contributed by atoms with E-state index in [1.807, 2.05) is 24.3 Å². The molecule has 1 aromatic heterocycles. The molecule has 2 aromatic rings. The maximum Gasteiger partial charge on any atom is 0.189 e. The second kappa shape index (κ2) is 6.51. The molecule has 4 heteroatoms. The van der Waals surface area contributed by atoms with Crippen molar-refractivity contribution < 1.29 is 14.3 Å². The highest BCUT2D eigenvalue weighted by molar-refractivity contribution is 5.74. The summed E-state index contributed by atoms with van der Waals surface area (Å²) >= 11 is 0. The monoisotopic (exact) mass is 243 g/mol. The van der Waals surface area contributed by atoms with Gasteiger partial charge >= 0.3 is 0 Å². The zero-order valence-electron chi connectivity index (χ0n) is 9.78. The SMILES string of the molecule is O=Cc1ccccc1.c1cc2c(cn1)OCOC2. The van der Waals surface area contributed by atoms with E-state index in [1.165, 1.54) is 0 Å². The van der Waals surface area contributed by atoms with Crippen molar-refractivity contribution in [3.05, 3.63) is 59.9 Å². The van der Waals surface area contributed by atoms with Crippen LogP contribution in [0.1, 0.15) is 15.9 Å². The highest BCUT2D eigenvalue weighted by Crippen LogP contribution is 2.20. The first-order valence-corrected chi connectivity index (χ1v) is 5.54. The van der Waals surface area contributed by atoms with Crippen LogP contribution >= 0.6 is 0 Å². The highest BCUT2D eigenvalue weighted by atomic mass is 16.7. The van der Waals surface area contributed by atoms with Crippen LogP contribution in [0.5, 0.6) is 5.75 Å². The van der Waals surface area contributed by atoms with Crippen LogP contribution in [0.2, 0.25) is 0 Å². The molecule has 1 aromatic carbocycles. The van der Waals surface area contributed by atoms with Gasteiger partial charge in [0.15, 0.2) is 6.79 Å². The van der Waals surface area contributed by atoms with Crippen LogP contribution in [0.4, 0.5) is 0 Å². The Kier molecular flexibility index (Phi) is 4.44. The Balaban J connectivity index is 0.000000138. The average molecular weight is 243 g/mol. The van der Waals surface area contributed by atoms with E-state index in [2.05, 4.69) is 4.98 Å². The number of benzene rings is 1. The largest absolute Gasteiger partial charge is 0.466 e. The summed E-state index contributed by atoms with van der Waals surface area (Å²) in [5, 5.41) is 0. The molecule has 18 heavy (non-hydrogen) atoms. The van der Waals surface area contributed by atoms with Gasteiger partial charge in [-0.1, -0.05) is 30.3 Å². The molecule has 0 N–H and O–H groups in total. The number of fused-ring (bicyclic) bond motifs is 1. The molecule has 0 unspecified atom stereocenters. The van der Waals surface area contributed by atoms with Gasteiger partial charge in [-0.3, -0.25) is 9.78 Å². The predicted molar refractivity (Wildman–Crippen MR) is 66.4 cm³/mol. The van der Waals surface area contributed by atoms with Gasteiger partial charge in [-0.05, 0) is 6.07 Å². The van der Waals surface area contributed by atoms with Gasteiger partial charge < -0.3 is 9.47 Å². The van der Waals surface area contributed by atoms with Crippen LogP contribution in [0.15, 0.2) is 48.8 Å². The van der Waals surface area contributed by atoms with Crippen LogP contribution < -0.4 is 4.74 Å². The molecule has 0 atom stereocenters. The number of carbonyl (C=O) groups is 1. The summed E-state index contributed by atoms with van der Waals surface area (Å²) in [6, 6.07) is 11.0. The van der Waals surface area contributed by atoms with E-state index in [4.69, 9.17) is 9.47 Å². The highest BCUT2D eigenvalue weighted by Gasteiger charge is 2.07. The van der Waals surface area contributed by atoms with Crippen molar-refractivity contribution in [3.8, 4) is 5.75 Å². The smallest absolute Gasteiger partial charge is 0.189 e. The van der Waals surface area contributed by atoms with E-state index < -0.39 is 0 Å². The van der Waals surface area contributed by atoms with Crippen LogP contribution in [-0.4, -0.2) is 18.1 Å². The second-order valence-electron chi connectivity index (χ2n) is 3.62.